The number of benzene rings is 2. The zero-order valence-corrected chi connectivity index (χ0v) is 13.9. The van der Waals surface area contributed by atoms with Gasteiger partial charge in [-0.2, -0.15) is 26.3 Å². The van der Waals surface area contributed by atoms with Gasteiger partial charge in [0.2, 0.25) is 0 Å². The average Bonchev–Trinajstić information content (AvgIpc) is 3.09. The number of rotatable bonds is 1. The lowest BCUT2D eigenvalue weighted by molar-refractivity contribution is -0.139. The lowest BCUT2D eigenvalue weighted by Crippen LogP contribution is -2.32. The molecule has 0 amide bonds. The molecule has 1 aliphatic heterocycles. The number of alkyl halides is 6. The van der Waals surface area contributed by atoms with Crippen molar-refractivity contribution in [2.75, 3.05) is 5.32 Å². The van der Waals surface area contributed by atoms with Crippen LogP contribution in [0.3, 0.4) is 0 Å². The summed E-state index contributed by atoms with van der Waals surface area (Å²) in [7, 11) is 0. The summed E-state index contributed by atoms with van der Waals surface area (Å²) < 4.78 is 80.9. The Bertz CT molecular complexity index is 896. The summed E-state index contributed by atoms with van der Waals surface area (Å²) in [5.41, 5.74) is -1.34. The van der Waals surface area contributed by atoms with Gasteiger partial charge in [0.05, 0.1) is 22.9 Å². The van der Waals surface area contributed by atoms with E-state index in [0.717, 1.165) is 12.1 Å². The van der Waals surface area contributed by atoms with Gasteiger partial charge >= 0.3 is 12.4 Å². The van der Waals surface area contributed by atoms with Gasteiger partial charge in [-0.3, -0.25) is 0 Å². The summed E-state index contributed by atoms with van der Waals surface area (Å²) in [6, 6.07) is 8.13. The van der Waals surface area contributed by atoms with Crippen LogP contribution in [0.1, 0.15) is 40.6 Å². The first-order chi connectivity index (χ1) is 12.7. The second-order valence-corrected chi connectivity index (χ2v) is 6.83. The van der Waals surface area contributed by atoms with E-state index in [2.05, 4.69) is 5.32 Å². The lowest BCUT2D eigenvalue weighted by atomic mass is 9.75. The van der Waals surface area contributed by atoms with Crippen molar-refractivity contribution >= 4 is 5.69 Å². The maximum Gasteiger partial charge on any atom is 0.418 e. The third kappa shape index (κ3) is 2.99. The molecule has 1 aliphatic carbocycles. The molecule has 142 valence electrons. The Morgan fingerprint density at radius 2 is 1.41 bits per heavy atom. The van der Waals surface area contributed by atoms with E-state index < -0.39 is 29.5 Å². The standard InChI is InChI=1S/C20H15F6N/c21-19(22,23)15-9-2-1-5-14(15)17-12-7-3-6-11(12)13-8-4-10-16(18(13)27-17)20(24,25)26/h1-6,8-12,17,27H,7H2/t11-,12-,17+/m0/s1. The minimum Gasteiger partial charge on any atom is -0.377 e. The van der Waals surface area contributed by atoms with Gasteiger partial charge in [-0.1, -0.05) is 42.5 Å². The highest BCUT2D eigenvalue weighted by molar-refractivity contribution is 5.65. The van der Waals surface area contributed by atoms with Crippen LogP contribution >= 0.6 is 0 Å². The monoisotopic (exact) mass is 383 g/mol. The van der Waals surface area contributed by atoms with E-state index in [9.17, 15) is 26.3 Å². The number of allylic oxidation sites excluding steroid dienone is 2. The summed E-state index contributed by atoms with van der Waals surface area (Å²) in [4.78, 5) is 0. The predicted molar refractivity (Wildman–Crippen MR) is 89.2 cm³/mol. The van der Waals surface area contributed by atoms with Crippen LogP contribution < -0.4 is 5.32 Å². The number of hydrogen-bond acceptors (Lipinski definition) is 1. The van der Waals surface area contributed by atoms with E-state index in [1.807, 2.05) is 6.08 Å². The minimum atomic E-state index is -4.60. The quantitative estimate of drug-likeness (QED) is 0.435. The number of para-hydroxylation sites is 1. The average molecular weight is 383 g/mol. The Morgan fingerprint density at radius 3 is 2.11 bits per heavy atom. The van der Waals surface area contributed by atoms with Crippen LogP contribution in [0.4, 0.5) is 32.0 Å². The molecule has 1 heterocycles. The Kier molecular flexibility index (Phi) is 4.01. The zero-order chi connectivity index (χ0) is 19.4. The molecule has 2 aromatic carbocycles. The van der Waals surface area contributed by atoms with E-state index in [4.69, 9.17) is 0 Å². The first-order valence-electron chi connectivity index (χ1n) is 8.47. The van der Waals surface area contributed by atoms with Gasteiger partial charge in [-0.25, -0.2) is 0 Å². The minimum absolute atomic E-state index is 0.0219. The van der Waals surface area contributed by atoms with Crippen LogP contribution in [0.5, 0.6) is 0 Å². The maximum absolute atomic E-state index is 13.5. The number of halogens is 6. The molecule has 0 spiro atoms. The fraction of sp³-hybridized carbons (Fsp3) is 0.300. The summed E-state index contributed by atoms with van der Waals surface area (Å²) in [5.74, 6) is -0.626. The van der Waals surface area contributed by atoms with Crippen LogP contribution in [-0.2, 0) is 12.4 Å². The summed E-state index contributed by atoms with van der Waals surface area (Å²) in [5, 5.41) is 2.81. The van der Waals surface area contributed by atoms with Gasteiger partial charge in [0.25, 0.3) is 0 Å². The fourth-order valence-corrected chi connectivity index (χ4v) is 4.19. The van der Waals surface area contributed by atoms with Gasteiger partial charge in [-0.15, -0.1) is 0 Å². The van der Waals surface area contributed by atoms with Crippen LogP contribution in [0, 0.1) is 5.92 Å². The zero-order valence-electron chi connectivity index (χ0n) is 13.9. The number of fused-ring (bicyclic) bond motifs is 3. The van der Waals surface area contributed by atoms with E-state index in [-0.39, 0.29) is 23.1 Å². The molecule has 0 aromatic heterocycles. The Balaban J connectivity index is 1.88. The Hall–Kier alpha value is -2.44. The maximum atomic E-state index is 13.5. The van der Waals surface area contributed by atoms with Crippen LogP contribution in [0.15, 0.2) is 54.6 Å². The highest BCUT2D eigenvalue weighted by Gasteiger charge is 2.45. The normalized spacial score (nSPS) is 24.3. The second-order valence-electron chi connectivity index (χ2n) is 6.83. The molecule has 0 radical (unpaired) electrons. The molecule has 0 saturated heterocycles. The molecule has 7 heteroatoms. The van der Waals surface area contributed by atoms with E-state index in [1.54, 1.807) is 12.1 Å². The lowest BCUT2D eigenvalue weighted by Gasteiger charge is -2.39. The summed E-state index contributed by atoms with van der Waals surface area (Å²) >= 11 is 0. The first kappa shape index (κ1) is 17.9. The van der Waals surface area contributed by atoms with Crippen LogP contribution in [0.2, 0.25) is 0 Å². The SMILES string of the molecule is FC(F)(F)c1ccccc1[C@@H]1Nc2c(cccc2C(F)(F)F)[C@H]2C=CC[C@@H]21. The first-order valence-corrected chi connectivity index (χ1v) is 8.47. The molecule has 0 fully saturated rings. The molecule has 3 atom stereocenters. The van der Waals surface area contributed by atoms with Crippen molar-refractivity contribution in [1.82, 2.24) is 0 Å². The molecular weight excluding hydrogens is 368 g/mol. The molecule has 1 nitrogen and oxygen atoms in total. The second kappa shape index (κ2) is 6.04. The van der Waals surface area contributed by atoms with Crippen molar-refractivity contribution < 1.29 is 26.3 Å². The van der Waals surface area contributed by atoms with Gasteiger partial charge in [0.15, 0.2) is 0 Å². The summed E-state index contributed by atoms with van der Waals surface area (Å²) in [6.45, 7) is 0. The van der Waals surface area contributed by atoms with Crippen LogP contribution in [0.25, 0.3) is 0 Å². The van der Waals surface area contributed by atoms with Crippen molar-refractivity contribution in [3.05, 3.63) is 76.9 Å². The smallest absolute Gasteiger partial charge is 0.377 e. The molecule has 0 bridgehead atoms. The molecular formula is C20H15F6N. The van der Waals surface area contributed by atoms with Crippen molar-refractivity contribution in [3.63, 3.8) is 0 Å². The molecule has 0 saturated carbocycles. The Labute approximate surface area is 151 Å². The molecule has 0 unspecified atom stereocenters. The molecule has 2 aliphatic rings. The molecule has 4 rings (SSSR count). The van der Waals surface area contributed by atoms with Crippen molar-refractivity contribution in [2.45, 2.75) is 30.7 Å². The van der Waals surface area contributed by atoms with Gasteiger partial charge in [0.1, 0.15) is 0 Å². The Morgan fingerprint density at radius 1 is 0.778 bits per heavy atom. The van der Waals surface area contributed by atoms with Crippen molar-refractivity contribution in [1.29, 1.82) is 0 Å². The van der Waals surface area contributed by atoms with E-state index >= 15 is 0 Å². The highest BCUT2D eigenvalue weighted by atomic mass is 19.4. The predicted octanol–water partition coefficient (Wildman–Crippen LogP) is 6.55. The van der Waals surface area contributed by atoms with Crippen molar-refractivity contribution in [2.24, 2.45) is 5.92 Å². The summed E-state index contributed by atoms with van der Waals surface area (Å²) in [6.07, 6.45) is -5.04. The van der Waals surface area contributed by atoms with Gasteiger partial charge in [-0.05, 0) is 35.6 Å². The van der Waals surface area contributed by atoms with Crippen molar-refractivity contribution in [3.8, 4) is 0 Å². The number of hydrogen-bond donors (Lipinski definition) is 1. The number of anilines is 1. The van der Waals surface area contributed by atoms with E-state index in [1.165, 1.54) is 24.3 Å². The highest BCUT2D eigenvalue weighted by Crippen LogP contribution is 2.53. The fourth-order valence-electron chi connectivity index (χ4n) is 4.19. The molecule has 1 N–H and O–H groups in total. The van der Waals surface area contributed by atoms with Gasteiger partial charge < -0.3 is 5.32 Å². The van der Waals surface area contributed by atoms with Gasteiger partial charge in [0, 0.05) is 5.92 Å². The molecule has 27 heavy (non-hydrogen) atoms. The third-order valence-electron chi connectivity index (χ3n) is 5.30. The number of nitrogens with one attached hydrogen (secondary N) is 1. The molecule has 2 aromatic rings. The van der Waals surface area contributed by atoms with E-state index in [0.29, 0.717) is 12.0 Å². The third-order valence-corrected chi connectivity index (χ3v) is 5.30. The topological polar surface area (TPSA) is 12.0 Å². The largest absolute Gasteiger partial charge is 0.418 e. The van der Waals surface area contributed by atoms with Crippen LogP contribution in [-0.4, -0.2) is 0 Å².